The first-order valence-corrected chi connectivity index (χ1v) is 6.22. The average Bonchev–Trinajstić information content (AvgIpc) is 3.08. The normalized spacial score (nSPS) is 15.5. The van der Waals surface area contributed by atoms with E-state index in [4.69, 9.17) is 4.74 Å². The van der Waals surface area contributed by atoms with Gasteiger partial charge in [-0.05, 0) is 32.8 Å². The minimum absolute atomic E-state index is 0.227. The molecule has 0 bridgehead atoms. The van der Waals surface area contributed by atoms with Gasteiger partial charge in [-0.1, -0.05) is 0 Å². The molecule has 1 saturated carbocycles. The first-order chi connectivity index (χ1) is 8.44. The lowest BCUT2D eigenvalue weighted by molar-refractivity contribution is -0.151. The van der Waals surface area contributed by atoms with E-state index in [9.17, 15) is 9.59 Å². The summed E-state index contributed by atoms with van der Waals surface area (Å²) < 4.78 is 6.65. The van der Waals surface area contributed by atoms with Crippen molar-refractivity contribution in [2.24, 2.45) is 11.3 Å². The number of Topliss-reactive ketones (excluding diaryl/α,β-unsaturated/α-hetero) is 1. The van der Waals surface area contributed by atoms with Crippen LogP contribution in [0.3, 0.4) is 0 Å². The number of aromatic nitrogens is 1. The van der Waals surface area contributed by atoms with Crippen molar-refractivity contribution in [3.05, 3.63) is 24.0 Å². The first kappa shape index (κ1) is 12.9. The largest absolute Gasteiger partial charge is 0.469 e. The molecule has 0 radical (unpaired) electrons. The van der Waals surface area contributed by atoms with Crippen LogP contribution in [0.2, 0.25) is 0 Å². The van der Waals surface area contributed by atoms with Gasteiger partial charge < -0.3 is 9.30 Å². The molecule has 0 saturated heterocycles. The highest BCUT2D eigenvalue weighted by molar-refractivity contribution is 5.99. The van der Waals surface area contributed by atoms with Crippen molar-refractivity contribution in [2.75, 3.05) is 7.11 Å². The Balaban J connectivity index is 2.06. The number of hydrogen-bond acceptors (Lipinski definition) is 3. The first-order valence-electron chi connectivity index (χ1n) is 6.22. The van der Waals surface area contributed by atoms with Crippen molar-refractivity contribution in [3.63, 3.8) is 0 Å². The van der Waals surface area contributed by atoms with Gasteiger partial charge in [0.1, 0.15) is 0 Å². The Bertz CT molecular complexity index is 469. The lowest BCUT2D eigenvalue weighted by Gasteiger charge is -2.21. The number of rotatable bonds is 5. The molecular weight excluding hydrogens is 230 g/mol. The SMILES string of the molecule is COC(=O)C(C)(C)Cn1ccc(C(=O)C2CC2)c1. The smallest absolute Gasteiger partial charge is 0.313 e. The molecule has 4 nitrogen and oxygen atoms in total. The predicted octanol–water partition coefficient (Wildman–Crippen LogP) is 2.28. The molecule has 0 unspecified atom stereocenters. The minimum atomic E-state index is -0.590. The highest BCUT2D eigenvalue weighted by Crippen LogP contribution is 2.32. The molecule has 2 rings (SSSR count). The molecule has 1 aromatic rings. The third kappa shape index (κ3) is 2.63. The summed E-state index contributed by atoms with van der Waals surface area (Å²) in [4.78, 5) is 23.5. The molecule has 1 heterocycles. The molecule has 0 aromatic carbocycles. The Morgan fingerprint density at radius 2 is 2.11 bits per heavy atom. The number of esters is 1. The van der Waals surface area contributed by atoms with Gasteiger partial charge in [-0.3, -0.25) is 9.59 Å². The molecule has 0 amide bonds. The van der Waals surface area contributed by atoms with Gasteiger partial charge in [0.25, 0.3) is 0 Å². The van der Waals surface area contributed by atoms with Crippen LogP contribution in [-0.4, -0.2) is 23.4 Å². The van der Waals surface area contributed by atoms with Crippen molar-refractivity contribution in [1.29, 1.82) is 0 Å². The van der Waals surface area contributed by atoms with Crippen LogP contribution in [0.25, 0.3) is 0 Å². The maximum absolute atomic E-state index is 11.9. The number of hydrogen-bond donors (Lipinski definition) is 0. The summed E-state index contributed by atoms with van der Waals surface area (Å²) in [5.74, 6) is 0.213. The average molecular weight is 249 g/mol. The van der Waals surface area contributed by atoms with Gasteiger partial charge in [-0.2, -0.15) is 0 Å². The minimum Gasteiger partial charge on any atom is -0.469 e. The van der Waals surface area contributed by atoms with Crippen LogP contribution in [0.5, 0.6) is 0 Å². The Kier molecular flexibility index (Phi) is 3.28. The fourth-order valence-corrected chi connectivity index (χ4v) is 2.06. The lowest BCUT2D eigenvalue weighted by Crippen LogP contribution is -2.30. The second-order valence-electron chi connectivity index (χ2n) is 5.59. The summed E-state index contributed by atoms with van der Waals surface area (Å²) in [6, 6.07) is 1.83. The van der Waals surface area contributed by atoms with Crippen LogP contribution in [0.15, 0.2) is 18.5 Å². The quantitative estimate of drug-likeness (QED) is 0.594. The second-order valence-corrected chi connectivity index (χ2v) is 5.59. The summed E-state index contributed by atoms with van der Waals surface area (Å²) in [7, 11) is 1.39. The highest BCUT2D eigenvalue weighted by atomic mass is 16.5. The van der Waals surface area contributed by atoms with Crippen molar-refractivity contribution >= 4 is 11.8 Å². The molecule has 0 spiro atoms. The fourth-order valence-electron chi connectivity index (χ4n) is 2.06. The molecule has 18 heavy (non-hydrogen) atoms. The second kappa shape index (κ2) is 4.59. The summed E-state index contributed by atoms with van der Waals surface area (Å²) in [5, 5.41) is 0. The summed E-state index contributed by atoms with van der Waals surface area (Å²) >= 11 is 0. The molecule has 1 fully saturated rings. The highest BCUT2D eigenvalue weighted by Gasteiger charge is 2.32. The van der Waals surface area contributed by atoms with E-state index < -0.39 is 5.41 Å². The molecule has 1 aliphatic carbocycles. The third-order valence-corrected chi connectivity index (χ3v) is 3.30. The maximum Gasteiger partial charge on any atom is 0.313 e. The Labute approximate surface area is 107 Å². The van der Waals surface area contributed by atoms with Gasteiger partial charge in [0.15, 0.2) is 5.78 Å². The van der Waals surface area contributed by atoms with Crippen molar-refractivity contribution in [1.82, 2.24) is 4.57 Å². The summed E-state index contributed by atoms with van der Waals surface area (Å²) in [6.45, 7) is 4.18. The molecule has 1 aliphatic rings. The molecular formula is C14H19NO3. The van der Waals surface area contributed by atoms with Gasteiger partial charge in [0.2, 0.25) is 0 Å². The van der Waals surface area contributed by atoms with Crippen LogP contribution in [-0.2, 0) is 16.1 Å². The number of carbonyl (C=O) groups excluding carboxylic acids is 2. The van der Waals surface area contributed by atoms with Crippen LogP contribution >= 0.6 is 0 Å². The molecule has 0 N–H and O–H groups in total. The lowest BCUT2D eigenvalue weighted by atomic mass is 9.94. The summed E-state index contributed by atoms with van der Waals surface area (Å²) in [5.41, 5.74) is 0.159. The molecule has 4 heteroatoms. The third-order valence-electron chi connectivity index (χ3n) is 3.30. The van der Waals surface area contributed by atoms with Crippen LogP contribution < -0.4 is 0 Å². The molecule has 1 aromatic heterocycles. The number of carbonyl (C=O) groups is 2. The molecule has 98 valence electrons. The van der Waals surface area contributed by atoms with Gasteiger partial charge >= 0.3 is 5.97 Å². The zero-order valence-electron chi connectivity index (χ0n) is 11.1. The van der Waals surface area contributed by atoms with Crippen molar-refractivity contribution in [3.8, 4) is 0 Å². The Morgan fingerprint density at radius 3 is 2.67 bits per heavy atom. The van der Waals surface area contributed by atoms with Gasteiger partial charge in [-0.15, -0.1) is 0 Å². The maximum atomic E-state index is 11.9. The van der Waals surface area contributed by atoms with E-state index in [2.05, 4.69) is 0 Å². The van der Waals surface area contributed by atoms with E-state index in [1.54, 1.807) is 0 Å². The predicted molar refractivity (Wildman–Crippen MR) is 67.3 cm³/mol. The van der Waals surface area contributed by atoms with Gasteiger partial charge in [0.05, 0.1) is 12.5 Å². The molecule has 0 atom stereocenters. The topological polar surface area (TPSA) is 48.3 Å². The van der Waals surface area contributed by atoms with Gasteiger partial charge in [-0.25, -0.2) is 0 Å². The number of ketones is 1. The van der Waals surface area contributed by atoms with Gasteiger partial charge in [0, 0.05) is 30.4 Å². The van der Waals surface area contributed by atoms with E-state index >= 15 is 0 Å². The van der Waals surface area contributed by atoms with E-state index in [-0.39, 0.29) is 17.7 Å². The zero-order chi connectivity index (χ0) is 13.3. The van der Waals surface area contributed by atoms with Crippen LogP contribution in [0.4, 0.5) is 0 Å². The van der Waals surface area contributed by atoms with E-state index in [0.29, 0.717) is 6.54 Å². The zero-order valence-corrected chi connectivity index (χ0v) is 11.1. The van der Waals surface area contributed by atoms with E-state index in [0.717, 1.165) is 18.4 Å². The van der Waals surface area contributed by atoms with Crippen LogP contribution in [0.1, 0.15) is 37.0 Å². The standard InChI is InChI=1S/C14H19NO3/c1-14(2,13(17)18-3)9-15-7-6-11(8-15)12(16)10-4-5-10/h6-8,10H,4-5,9H2,1-3H3. The Morgan fingerprint density at radius 1 is 1.44 bits per heavy atom. The van der Waals surface area contributed by atoms with Crippen molar-refractivity contribution in [2.45, 2.75) is 33.2 Å². The number of ether oxygens (including phenoxy) is 1. The van der Waals surface area contributed by atoms with E-state index in [1.165, 1.54) is 7.11 Å². The van der Waals surface area contributed by atoms with E-state index in [1.807, 2.05) is 36.9 Å². The monoisotopic (exact) mass is 249 g/mol. The Hall–Kier alpha value is -1.58. The van der Waals surface area contributed by atoms with Crippen molar-refractivity contribution < 1.29 is 14.3 Å². The number of methoxy groups -OCH3 is 1. The number of nitrogens with zero attached hydrogens (tertiary/aromatic N) is 1. The summed E-state index contributed by atoms with van der Waals surface area (Å²) in [6.07, 6.45) is 5.70. The fraction of sp³-hybridized carbons (Fsp3) is 0.571. The van der Waals surface area contributed by atoms with Crippen LogP contribution in [0, 0.1) is 11.3 Å². The molecule has 0 aliphatic heterocycles.